The molecule has 0 saturated carbocycles. The second kappa shape index (κ2) is 15.2. The highest BCUT2D eigenvalue weighted by Gasteiger charge is 2.25. The molecule has 1 nitrogen and oxygen atoms in total. The Morgan fingerprint density at radius 3 is 2.25 bits per heavy atom. The lowest BCUT2D eigenvalue weighted by molar-refractivity contribution is -0.0215. The largest absolute Gasteiger partial charge is 0.373 e. The van der Waals surface area contributed by atoms with Crippen molar-refractivity contribution in [3.05, 3.63) is 95.3 Å². The number of hydrogen-bond donors (Lipinski definition) is 0. The molecule has 4 rings (SSSR count). The van der Waals surface area contributed by atoms with Crippen LogP contribution in [0.5, 0.6) is 0 Å². The number of rotatable bonds is 13. The van der Waals surface area contributed by atoms with Gasteiger partial charge < -0.3 is 4.74 Å². The second-order valence-electron chi connectivity index (χ2n) is 11.1. The van der Waals surface area contributed by atoms with Gasteiger partial charge in [0.05, 0.1) is 12.7 Å². The smallest absolute Gasteiger partial charge is 0.166 e. The highest BCUT2D eigenvalue weighted by atomic mass is 19.2. The van der Waals surface area contributed by atoms with Crippen molar-refractivity contribution in [2.24, 2.45) is 5.92 Å². The van der Waals surface area contributed by atoms with Crippen LogP contribution in [-0.2, 0) is 11.2 Å². The monoisotopic (exact) mass is 548 g/mol. The van der Waals surface area contributed by atoms with E-state index in [9.17, 15) is 8.78 Å². The van der Waals surface area contributed by atoms with Crippen molar-refractivity contribution >= 4 is 0 Å². The Hall–Kier alpha value is -2.85. The molecule has 0 N–H and O–H groups in total. The zero-order valence-electron chi connectivity index (χ0n) is 24.0. The molecule has 0 aliphatic carbocycles. The third-order valence-electron chi connectivity index (χ3n) is 8.18. The highest BCUT2D eigenvalue weighted by Crippen LogP contribution is 2.36. The van der Waals surface area contributed by atoms with Crippen LogP contribution in [0.1, 0.15) is 95.3 Å². The molecule has 0 bridgehead atoms. The van der Waals surface area contributed by atoms with E-state index in [4.69, 9.17) is 4.74 Å². The molecular weight excluding hydrogens is 505 g/mol. The summed E-state index contributed by atoms with van der Waals surface area (Å²) in [5.74, 6) is -1.28. The van der Waals surface area contributed by atoms with Crippen LogP contribution in [0.25, 0.3) is 22.3 Å². The first-order valence-electron chi connectivity index (χ1n) is 15.1. The number of hydrogen-bond acceptors (Lipinski definition) is 1. The standard InChI is InChI=1S/C36H43F3O/c1-3-5-7-9-10-12-26-14-23-34(40-25-26)32-22-20-30(24-33(32)37)27-15-17-28(18-16-27)31-21-19-29(35(38)36(31)39)13-11-8-6-4-2/h4,6,15-22,24,26,34H,3,5,7-14,23,25H2,1-2H3/b6-4-. The predicted molar refractivity (Wildman–Crippen MR) is 160 cm³/mol. The molecule has 40 heavy (non-hydrogen) atoms. The highest BCUT2D eigenvalue weighted by molar-refractivity contribution is 5.71. The Kier molecular flexibility index (Phi) is 11.5. The van der Waals surface area contributed by atoms with Gasteiger partial charge in [0.2, 0.25) is 0 Å². The van der Waals surface area contributed by atoms with Gasteiger partial charge in [0, 0.05) is 11.1 Å². The molecule has 0 aromatic heterocycles. The second-order valence-corrected chi connectivity index (χ2v) is 11.1. The van der Waals surface area contributed by atoms with Crippen molar-refractivity contribution < 1.29 is 17.9 Å². The molecule has 1 aliphatic rings. The lowest BCUT2D eigenvalue weighted by Gasteiger charge is -2.29. The molecule has 1 saturated heterocycles. The number of benzene rings is 3. The van der Waals surface area contributed by atoms with E-state index in [0.717, 1.165) is 36.8 Å². The Bertz CT molecular complexity index is 1240. The summed E-state index contributed by atoms with van der Waals surface area (Å²) in [6, 6.07) is 15.8. The lowest BCUT2D eigenvalue weighted by atomic mass is 9.90. The number of aryl methyl sites for hydroxylation is 1. The van der Waals surface area contributed by atoms with Crippen LogP contribution in [0, 0.1) is 23.4 Å². The minimum absolute atomic E-state index is 0.197. The van der Waals surface area contributed by atoms with Gasteiger partial charge in [-0.05, 0) is 79.7 Å². The molecule has 214 valence electrons. The third-order valence-corrected chi connectivity index (χ3v) is 8.18. The van der Waals surface area contributed by atoms with E-state index < -0.39 is 11.6 Å². The van der Waals surface area contributed by atoms with Crippen LogP contribution in [0.3, 0.4) is 0 Å². The fourth-order valence-corrected chi connectivity index (χ4v) is 5.71. The third kappa shape index (κ3) is 7.87. The van der Waals surface area contributed by atoms with Crippen LogP contribution in [-0.4, -0.2) is 6.61 Å². The van der Waals surface area contributed by atoms with E-state index in [1.54, 1.807) is 30.3 Å². The van der Waals surface area contributed by atoms with E-state index in [0.29, 0.717) is 35.6 Å². The predicted octanol–water partition coefficient (Wildman–Crippen LogP) is 11.2. The van der Waals surface area contributed by atoms with E-state index in [1.165, 1.54) is 38.5 Å². The van der Waals surface area contributed by atoms with Gasteiger partial charge in [0.25, 0.3) is 0 Å². The first-order chi connectivity index (χ1) is 19.5. The van der Waals surface area contributed by atoms with Crippen LogP contribution in [0.15, 0.2) is 66.7 Å². The first-order valence-corrected chi connectivity index (χ1v) is 15.1. The molecule has 2 atom stereocenters. The summed E-state index contributed by atoms with van der Waals surface area (Å²) in [7, 11) is 0. The molecule has 1 aliphatic heterocycles. The minimum Gasteiger partial charge on any atom is -0.373 e. The zero-order chi connectivity index (χ0) is 28.3. The molecule has 0 spiro atoms. The summed E-state index contributed by atoms with van der Waals surface area (Å²) < 4.78 is 50.9. The minimum atomic E-state index is -0.821. The summed E-state index contributed by atoms with van der Waals surface area (Å²) in [4.78, 5) is 0. The van der Waals surface area contributed by atoms with E-state index in [1.807, 2.05) is 43.3 Å². The van der Waals surface area contributed by atoms with Crippen molar-refractivity contribution in [2.75, 3.05) is 6.61 Å². The van der Waals surface area contributed by atoms with Gasteiger partial charge >= 0.3 is 0 Å². The van der Waals surface area contributed by atoms with Gasteiger partial charge in [0.15, 0.2) is 11.6 Å². The van der Waals surface area contributed by atoms with Gasteiger partial charge in [-0.2, -0.15) is 0 Å². The summed E-state index contributed by atoms with van der Waals surface area (Å²) in [5.41, 5.74) is 3.41. The number of allylic oxidation sites excluding steroid dienone is 2. The van der Waals surface area contributed by atoms with Gasteiger partial charge in [0.1, 0.15) is 5.82 Å². The van der Waals surface area contributed by atoms with Crippen molar-refractivity contribution in [3.8, 4) is 22.3 Å². The van der Waals surface area contributed by atoms with E-state index >= 15 is 4.39 Å². The normalized spacial score (nSPS) is 17.5. The number of ether oxygens (including phenoxy) is 1. The van der Waals surface area contributed by atoms with Crippen molar-refractivity contribution in [2.45, 2.75) is 90.6 Å². The molecular formula is C36H43F3O. The Labute approximate surface area is 238 Å². The average molecular weight is 549 g/mol. The van der Waals surface area contributed by atoms with Gasteiger partial charge in [-0.3, -0.25) is 0 Å². The topological polar surface area (TPSA) is 9.23 Å². The summed E-state index contributed by atoms with van der Waals surface area (Å²) in [5, 5.41) is 0. The molecule has 4 heteroatoms. The lowest BCUT2D eigenvalue weighted by Crippen LogP contribution is -2.21. The van der Waals surface area contributed by atoms with Crippen LogP contribution < -0.4 is 0 Å². The maximum Gasteiger partial charge on any atom is 0.166 e. The first kappa shape index (κ1) is 30.1. The molecule has 2 unspecified atom stereocenters. The van der Waals surface area contributed by atoms with Crippen molar-refractivity contribution in [1.29, 1.82) is 0 Å². The zero-order valence-corrected chi connectivity index (χ0v) is 24.0. The van der Waals surface area contributed by atoms with Crippen LogP contribution >= 0.6 is 0 Å². The Morgan fingerprint density at radius 1 is 0.800 bits per heavy atom. The Morgan fingerprint density at radius 2 is 1.55 bits per heavy atom. The van der Waals surface area contributed by atoms with Crippen molar-refractivity contribution in [3.63, 3.8) is 0 Å². The SMILES string of the molecule is C/C=C\CCCc1ccc(-c2ccc(-c3ccc(C4CCC(CCCCCCC)CO4)c(F)c3)cc2)c(F)c1F. The van der Waals surface area contributed by atoms with E-state index in [-0.39, 0.29) is 17.5 Å². The average Bonchev–Trinajstić information content (AvgIpc) is 2.98. The van der Waals surface area contributed by atoms with E-state index in [2.05, 4.69) is 6.92 Å². The maximum absolute atomic E-state index is 15.2. The molecule has 1 fully saturated rings. The van der Waals surface area contributed by atoms with Gasteiger partial charge in [-0.1, -0.05) is 99.7 Å². The number of halogens is 3. The molecule has 1 heterocycles. The molecule has 0 amide bonds. The molecule has 0 radical (unpaired) electrons. The fourth-order valence-electron chi connectivity index (χ4n) is 5.71. The van der Waals surface area contributed by atoms with Crippen LogP contribution in [0.2, 0.25) is 0 Å². The summed E-state index contributed by atoms with van der Waals surface area (Å²) in [6.07, 6.45) is 15.5. The van der Waals surface area contributed by atoms with Gasteiger partial charge in [-0.15, -0.1) is 0 Å². The molecule has 3 aromatic rings. The van der Waals surface area contributed by atoms with Gasteiger partial charge in [-0.25, -0.2) is 13.2 Å². The van der Waals surface area contributed by atoms with Crippen LogP contribution in [0.4, 0.5) is 13.2 Å². The molecule has 3 aromatic carbocycles. The maximum atomic E-state index is 15.2. The summed E-state index contributed by atoms with van der Waals surface area (Å²) in [6.45, 7) is 4.88. The number of unbranched alkanes of at least 4 members (excludes halogenated alkanes) is 5. The quantitative estimate of drug-likeness (QED) is 0.152. The summed E-state index contributed by atoms with van der Waals surface area (Å²) >= 11 is 0. The fraction of sp³-hybridized carbons (Fsp3) is 0.444. The Balaban J connectivity index is 1.36. The van der Waals surface area contributed by atoms with Crippen molar-refractivity contribution in [1.82, 2.24) is 0 Å².